The quantitative estimate of drug-likeness (QED) is 0.267. The lowest BCUT2D eigenvalue weighted by molar-refractivity contribution is 0.0935. The average Bonchev–Trinajstić information content (AvgIpc) is 3.36. The van der Waals surface area contributed by atoms with Crippen molar-refractivity contribution in [2.24, 2.45) is 11.3 Å². The normalized spacial score (nSPS) is 16.5. The van der Waals surface area contributed by atoms with Gasteiger partial charge in [0.15, 0.2) is 0 Å². The molecule has 1 N–H and O–H groups in total. The smallest absolute Gasteiger partial charge is 0.270 e. The van der Waals surface area contributed by atoms with Crippen molar-refractivity contribution in [3.8, 4) is 11.5 Å². The molecule has 1 heterocycles. The van der Waals surface area contributed by atoms with Crippen molar-refractivity contribution in [2.45, 2.75) is 78.7 Å². The Bertz CT molecular complexity index is 1470. The number of rotatable bonds is 10. The first-order chi connectivity index (χ1) is 20.2. The van der Waals surface area contributed by atoms with Crippen LogP contribution in [0.25, 0.3) is 10.8 Å². The third-order valence-corrected chi connectivity index (χ3v) is 8.22. The molecule has 2 aliphatic rings. The van der Waals surface area contributed by atoms with Gasteiger partial charge in [-0.05, 0) is 90.1 Å². The molecule has 1 saturated carbocycles. The van der Waals surface area contributed by atoms with Crippen molar-refractivity contribution in [3.63, 3.8) is 0 Å². The Kier molecular flexibility index (Phi) is 9.46. The molecule has 5 heteroatoms. The van der Waals surface area contributed by atoms with Gasteiger partial charge < -0.3 is 14.8 Å². The molecule has 0 aliphatic heterocycles. The van der Waals surface area contributed by atoms with Crippen LogP contribution in [-0.4, -0.2) is 23.5 Å². The third kappa shape index (κ3) is 8.12. The van der Waals surface area contributed by atoms with Gasteiger partial charge in [0.1, 0.15) is 23.0 Å². The van der Waals surface area contributed by atoms with Crippen molar-refractivity contribution in [1.82, 2.24) is 10.3 Å². The molecular weight excluding hydrogens is 520 g/mol. The lowest BCUT2D eigenvalue weighted by Crippen LogP contribution is -2.34. The summed E-state index contributed by atoms with van der Waals surface area (Å²) in [5.74, 6) is 3.19. The molecular formula is C37H44N2O3. The standard InChI is InChI=1S/C37H44N2O3/c1-26(22-28-12-16-32(17-13-28)41-21-20-27-8-5-6-9-27)39-36(40)35-24-30-23-34(18-14-29(30)25-38-35)42-33-11-7-10-31(15-19-33)37(2,3)4/h7,10,12-19,23-27H,5-6,8-9,11,20-22H2,1-4H3,(H,39,40)/t26-/m1/s1. The van der Waals surface area contributed by atoms with E-state index in [4.69, 9.17) is 9.47 Å². The number of ether oxygens (including phenoxy) is 2. The van der Waals surface area contributed by atoms with Crippen LogP contribution in [0.3, 0.4) is 0 Å². The highest BCUT2D eigenvalue weighted by Crippen LogP contribution is 2.30. The van der Waals surface area contributed by atoms with Crippen LogP contribution in [0.1, 0.15) is 82.3 Å². The van der Waals surface area contributed by atoms with E-state index in [0.717, 1.165) is 65.4 Å². The molecule has 0 bridgehead atoms. The Balaban J connectivity index is 1.16. The van der Waals surface area contributed by atoms with Crippen molar-refractivity contribution in [3.05, 3.63) is 102 Å². The number of nitrogens with one attached hydrogen (secondary N) is 1. The van der Waals surface area contributed by atoms with Gasteiger partial charge >= 0.3 is 0 Å². The molecule has 1 atom stereocenters. The van der Waals surface area contributed by atoms with E-state index >= 15 is 0 Å². The molecule has 2 aliphatic carbocycles. The second-order valence-corrected chi connectivity index (χ2v) is 12.8. The number of nitrogens with zero attached hydrogens (tertiary/aromatic N) is 1. The molecule has 0 unspecified atom stereocenters. The van der Waals surface area contributed by atoms with Crippen LogP contribution < -0.4 is 14.8 Å². The molecule has 5 rings (SSSR count). The van der Waals surface area contributed by atoms with Crippen LogP contribution in [0.5, 0.6) is 11.5 Å². The number of aromatic nitrogens is 1. The summed E-state index contributed by atoms with van der Waals surface area (Å²) in [5, 5.41) is 4.98. The second-order valence-electron chi connectivity index (χ2n) is 12.8. The monoisotopic (exact) mass is 564 g/mol. The summed E-state index contributed by atoms with van der Waals surface area (Å²) in [7, 11) is 0. The lowest BCUT2D eigenvalue weighted by Gasteiger charge is -2.19. The fraction of sp³-hybridized carbons (Fsp3) is 0.405. The molecule has 2 aromatic carbocycles. The summed E-state index contributed by atoms with van der Waals surface area (Å²) in [5.41, 5.74) is 2.91. The first-order valence-electron chi connectivity index (χ1n) is 15.4. The Morgan fingerprint density at radius 1 is 1.00 bits per heavy atom. The number of carbonyl (C=O) groups excluding carboxylic acids is 1. The van der Waals surface area contributed by atoms with Gasteiger partial charge in [-0.1, -0.05) is 76.8 Å². The first-order valence-corrected chi connectivity index (χ1v) is 15.4. The van der Waals surface area contributed by atoms with E-state index in [9.17, 15) is 4.79 Å². The Morgan fingerprint density at radius 3 is 2.52 bits per heavy atom. The van der Waals surface area contributed by atoms with Crippen LogP contribution in [0.15, 0.2) is 90.4 Å². The van der Waals surface area contributed by atoms with Crippen molar-refractivity contribution < 1.29 is 14.3 Å². The fourth-order valence-corrected chi connectivity index (χ4v) is 5.71. The average molecular weight is 565 g/mol. The summed E-state index contributed by atoms with van der Waals surface area (Å²) in [4.78, 5) is 17.5. The molecule has 5 nitrogen and oxygen atoms in total. The minimum atomic E-state index is -0.181. The molecule has 1 aromatic heterocycles. The highest BCUT2D eigenvalue weighted by Gasteiger charge is 2.17. The SMILES string of the molecule is C[C@H](Cc1ccc(OCCC2CCCC2)cc1)NC(=O)c1cc2cc(OC3=CC=C(C(C)(C)C)C=CC3)ccc2cn1. The van der Waals surface area contributed by atoms with Crippen molar-refractivity contribution in [2.75, 3.05) is 6.61 Å². The van der Waals surface area contributed by atoms with Gasteiger partial charge in [-0.25, -0.2) is 0 Å². The summed E-state index contributed by atoms with van der Waals surface area (Å²) < 4.78 is 12.2. The fourth-order valence-electron chi connectivity index (χ4n) is 5.71. The predicted molar refractivity (Wildman–Crippen MR) is 171 cm³/mol. The van der Waals surface area contributed by atoms with E-state index in [1.807, 2.05) is 43.3 Å². The number of pyridine rings is 1. The van der Waals surface area contributed by atoms with Crippen molar-refractivity contribution >= 4 is 16.7 Å². The van der Waals surface area contributed by atoms with Gasteiger partial charge in [0.2, 0.25) is 0 Å². The van der Waals surface area contributed by atoms with E-state index < -0.39 is 0 Å². The van der Waals surface area contributed by atoms with Crippen LogP contribution in [0.2, 0.25) is 0 Å². The maximum atomic E-state index is 13.1. The van der Waals surface area contributed by atoms with Gasteiger partial charge in [-0.2, -0.15) is 0 Å². The topological polar surface area (TPSA) is 60.5 Å². The number of hydrogen-bond acceptors (Lipinski definition) is 4. The number of carbonyl (C=O) groups is 1. The Labute approximate surface area is 250 Å². The molecule has 0 spiro atoms. The maximum Gasteiger partial charge on any atom is 0.270 e. The van der Waals surface area contributed by atoms with E-state index in [1.165, 1.54) is 31.3 Å². The van der Waals surface area contributed by atoms with E-state index in [1.54, 1.807) is 6.20 Å². The number of allylic oxidation sites excluding steroid dienone is 5. The zero-order valence-corrected chi connectivity index (χ0v) is 25.5. The molecule has 42 heavy (non-hydrogen) atoms. The van der Waals surface area contributed by atoms with E-state index in [2.05, 4.69) is 67.5 Å². The highest BCUT2D eigenvalue weighted by atomic mass is 16.5. The van der Waals surface area contributed by atoms with Gasteiger partial charge in [0.05, 0.1) is 6.61 Å². The molecule has 0 saturated heterocycles. The van der Waals surface area contributed by atoms with E-state index in [0.29, 0.717) is 5.69 Å². The Hall–Kier alpha value is -3.86. The summed E-state index contributed by atoms with van der Waals surface area (Å²) in [6.45, 7) is 9.43. The van der Waals surface area contributed by atoms with Gasteiger partial charge in [0, 0.05) is 24.0 Å². The maximum absolute atomic E-state index is 13.1. The molecule has 1 amide bonds. The number of hydrogen-bond donors (Lipinski definition) is 1. The first kappa shape index (κ1) is 29.6. The second kappa shape index (κ2) is 13.4. The van der Waals surface area contributed by atoms with Gasteiger partial charge in [-0.15, -0.1) is 0 Å². The zero-order chi connectivity index (χ0) is 29.5. The minimum Gasteiger partial charge on any atom is -0.494 e. The summed E-state index contributed by atoms with van der Waals surface area (Å²) >= 11 is 0. The largest absolute Gasteiger partial charge is 0.494 e. The summed E-state index contributed by atoms with van der Waals surface area (Å²) in [6, 6.07) is 15.9. The third-order valence-electron chi connectivity index (χ3n) is 8.22. The number of benzene rings is 2. The molecule has 1 fully saturated rings. The minimum absolute atomic E-state index is 0.0416. The summed E-state index contributed by atoms with van der Waals surface area (Å²) in [6.07, 6.45) is 18.3. The lowest BCUT2D eigenvalue weighted by atomic mass is 9.86. The Morgan fingerprint density at radius 2 is 1.76 bits per heavy atom. The zero-order valence-electron chi connectivity index (χ0n) is 25.5. The van der Waals surface area contributed by atoms with Gasteiger partial charge in [-0.3, -0.25) is 9.78 Å². The predicted octanol–water partition coefficient (Wildman–Crippen LogP) is 8.75. The van der Waals surface area contributed by atoms with Crippen LogP contribution in [-0.2, 0) is 6.42 Å². The number of amides is 1. The molecule has 0 radical (unpaired) electrons. The van der Waals surface area contributed by atoms with Crippen LogP contribution >= 0.6 is 0 Å². The molecule has 220 valence electrons. The number of fused-ring (bicyclic) bond motifs is 1. The molecule has 3 aromatic rings. The van der Waals surface area contributed by atoms with Crippen LogP contribution in [0.4, 0.5) is 0 Å². The van der Waals surface area contributed by atoms with Gasteiger partial charge in [0.25, 0.3) is 5.91 Å². The van der Waals surface area contributed by atoms with E-state index in [-0.39, 0.29) is 17.4 Å². The highest BCUT2D eigenvalue weighted by molar-refractivity contribution is 5.96. The van der Waals surface area contributed by atoms with Crippen molar-refractivity contribution in [1.29, 1.82) is 0 Å². The van der Waals surface area contributed by atoms with Crippen LogP contribution in [0, 0.1) is 11.3 Å².